The maximum absolute atomic E-state index is 13.5. The fraction of sp³-hybridized carbons (Fsp3) is 0.650. The van der Waals surface area contributed by atoms with E-state index in [4.69, 9.17) is 0 Å². The molecule has 1 N–H and O–H groups in total. The molecule has 0 bridgehead atoms. The fourth-order valence-corrected chi connectivity index (χ4v) is 4.45. The molecule has 3 rings (SSSR count). The van der Waals surface area contributed by atoms with Crippen molar-refractivity contribution in [3.8, 4) is 0 Å². The molecule has 2 fully saturated rings. The molecule has 0 atom stereocenters. The largest absolute Gasteiger partial charge is 0.416 e. The summed E-state index contributed by atoms with van der Waals surface area (Å²) in [5, 5.41) is 3.25. The molecule has 2 aliphatic rings. The first-order chi connectivity index (χ1) is 12.4. The summed E-state index contributed by atoms with van der Waals surface area (Å²) < 4.78 is 39.6. The Morgan fingerprint density at radius 1 is 1.15 bits per heavy atom. The number of hydrogen-bond acceptors (Lipinski definition) is 2. The lowest BCUT2D eigenvalue weighted by molar-refractivity contribution is -0.141. The molecular weight excluding hydrogens is 377 g/mol. The summed E-state index contributed by atoms with van der Waals surface area (Å²) in [4.78, 5) is 15.3. The van der Waals surface area contributed by atoms with Gasteiger partial charge in [0.15, 0.2) is 0 Å². The van der Waals surface area contributed by atoms with Crippen LogP contribution in [0.3, 0.4) is 0 Å². The van der Waals surface area contributed by atoms with E-state index in [-0.39, 0.29) is 18.3 Å². The molecule has 1 saturated heterocycles. The van der Waals surface area contributed by atoms with Crippen molar-refractivity contribution >= 4 is 18.3 Å². The van der Waals surface area contributed by atoms with Gasteiger partial charge in [0.2, 0.25) is 5.91 Å². The van der Waals surface area contributed by atoms with Gasteiger partial charge in [0, 0.05) is 19.1 Å². The number of alkyl halides is 3. The summed E-state index contributed by atoms with van der Waals surface area (Å²) in [7, 11) is 1.92. The second-order valence-electron chi connectivity index (χ2n) is 7.58. The van der Waals surface area contributed by atoms with E-state index >= 15 is 0 Å². The topological polar surface area (TPSA) is 32.3 Å². The number of carbonyl (C=O) groups excluding carboxylic acids is 1. The number of rotatable bonds is 3. The Morgan fingerprint density at radius 2 is 1.78 bits per heavy atom. The van der Waals surface area contributed by atoms with Crippen LogP contribution >= 0.6 is 12.4 Å². The Hall–Kier alpha value is -1.27. The maximum Gasteiger partial charge on any atom is 0.416 e. The lowest BCUT2D eigenvalue weighted by Crippen LogP contribution is -2.52. The number of nitrogens with zero attached hydrogens (tertiary/aromatic N) is 1. The van der Waals surface area contributed by atoms with Crippen LogP contribution in [0.25, 0.3) is 0 Å². The van der Waals surface area contributed by atoms with Crippen LogP contribution in [-0.2, 0) is 16.4 Å². The lowest BCUT2D eigenvalue weighted by atomic mass is 9.68. The zero-order valence-corrected chi connectivity index (χ0v) is 16.5. The standard InChI is InChI=1S/C20H27F3N2O.ClH/c1-24-17-8-12-25(13-9-17)18(26)19(10-3-2-4-11-19)15-6-5-7-16(14-15)20(21,22)23;/h5-7,14,17,24H,2-4,8-13H2,1H3;1H. The van der Waals surface area contributed by atoms with E-state index in [0.717, 1.165) is 38.2 Å². The van der Waals surface area contributed by atoms with E-state index in [9.17, 15) is 18.0 Å². The minimum atomic E-state index is -4.39. The zero-order valence-electron chi connectivity index (χ0n) is 15.6. The van der Waals surface area contributed by atoms with Crippen molar-refractivity contribution < 1.29 is 18.0 Å². The normalized spacial score (nSPS) is 20.8. The van der Waals surface area contributed by atoms with Crippen molar-refractivity contribution in [2.45, 2.75) is 62.6 Å². The minimum absolute atomic E-state index is 0. The van der Waals surface area contributed by atoms with E-state index in [1.54, 1.807) is 6.07 Å². The van der Waals surface area contributed by atoms with E-state index < -0.39 is 17.2 Å². The van der Waals surface area contributed by atoms with Crippen LogP contribution in [0.2, 0.25) is 0 Å². The molecule has 1 aliphatic heterocycles. The van der Waals surface area contributed by atoms with Crippen LogP contribution in [0.1, 0.15) is 56.1 Å². The first kappa shape index (κ1) is 22.0. The Kier molecular flexibility index (Phi) is 7.20. The maximum atomic E-state index is 13.5. The van der Waals surface area contributed by atoms with Crippen molar-refractivity contribution in [2.24, 2.45) is 0 Å². The molecule has 0 unspecified atom stereocenters. The molecule has 7 heteroatoms. The Bertz CT molecular complexity index is 636. The van der Waals surface area contributed by atoms with Gasteiger partial charge >= 0.3 is 6.18 Å². The Balaban J connectivity index is 0.00000261. The van der Waals surface area contributed by atoms with Gasteiger partial charge < -0.3 is 10.2 Å². The van der Waals surface area contributed by atoms with Crippen LogP contribution < -0.4 is 5.32 Å². The first-order valence-corrected chi connectivity index (χ1v) is 9.51. The summed E-state index contributed by atoms with van der Waals surface area (Å²) >= 11 is 0. The average Bonchev–Trinajstić information content (AvgIpc) is 2.67. The first-order valence-electron chi connectivity index (χ1n) is 9.51. The average molecular weight is 405 g/mol. The van der Waals surface area contributed by atoms with E-state index in [2.05, 4.69) is 5.32 Å². The highest BCUT2D eigenvalue weighted by Gasteiger charge is 2.45. The fourth-order valence-electron chi connectivity index (χ4n) is 4.45. The summed E-state index contributed by atoms with van der Waals surface area (Å²) in [6.07, 6.45) is 1.47. The number of piperidine rings is 1. The SMILES string of the molecule is CNC1CCN(C(=O)C2(c3cccc(C(F)(F)F)c3)CCCCC2)CC1.Cl. The quantitative estimate of drug-likeness (QED) is 0.802. The van der Waals surface area contributed by atoms with E-state index in [0.29, 0.717) is 37.5 Å². The van der Waals surface area contributed by atoms with Crippen molar-refractivity contribution in [1.29, 1.82) is 0 Å². The van der Waals surface area contributed by atoms with Gasteiger partial charge in [-0.3, -0.25) is 4.79 Å². The summed E-state index contributed by atoms with van der Waals surface area (Å²) in [6.45, 7) is 1.34. The third kappa shape index (κ3) is 4.60. The van der Waals surface area contributed by atoms with Crippen LogP contribution in [0.5, 0.6) is 0 Å². The second-order valence-corrected chi connectivity index (χ2v) is 7.58. The smallest absolute Gasteiger partial charge is 0.342 e. The Morgan fingerprint density at radius 3 is 2.33 bits per heavy atom. The summed E-state index contributed by atoms with van der Waals surface area (Å²) in [5.74, 6) is 0.0195. The van der Waals surface area contributed by atoms with Crippen LogP contribution in [0.15, 0.2) is 24.3 Å². The number of halogens is 4. The molecule has 0 radical (unpaired) electrons. The van der Waals surface area contributed by atoms with E-state index in [1.165, 1.54) is 12.1 Å². The van der Waals surface area contributed by atoms with Crippen molar-refractivity contribution in [2.75, 3.05) is 20.1 Å². The van der Waals surface area contributed by atoms with Gasteiger partial charge in [0.05, 0.1) is 11.0 Å². The lowest BCUT2D eigenvalue weighted by Gasteiger charge is -2.42. The Labute approximate surface area is 165 Å². The van der Waals surface area contributed by atoms with E-state index in [1.807, 2.05) is 11.9 Å². The van der Waals surface area contributed by atoms with Gasteiger partial charge in [-0.05, 0) is 44.4 Å². The molecule has 27 heavy (non-hydrogen) atoms. The van der Waals surface area contributed by atoms with Crippen molar-refractivity contribution in [3.05, 3.63) is 35.4 Å². The molecular formula is C20H28ClF3N2O. The minimum Gasteiger partial charge on any atom is -0.342 e. The summed E-state index contributed by atoms with van der Waals surface area (Å²) in [6, 6.07) is 5.84. The third-order valence-electron chi connectivity index (χ3n) is 6.05. The molecule has 1 saturated carbocycles. The van der Waals surface area contributed by atoms with Crippen LogP contribution in [0, 0.1) is 0 Å². The number of amides is 1. The monoisotopic (exact) mass is 404 g/mol. The summed E-state index contributed by atoms with van der Waals surface area (Å²) in [5.41, 5.74) is -0.930. The second kappa shape index (κ2) is 8.82. The van der Waals surface area contributed by atoms with Gasteiger partial charge in [0.1, 0.15) is 0 Å². The number of carbonyl (C=O) groups is 1. The molecule has 152 valence electrons. The van der Waals surface area contributed by atoms with Crippen molar-refractivity contribution in [3.63, 3.8) is 0 Å². The van der Waals surface area contributed by atoms with Gasteiger partial charge in [-0.25, -0.2) is 0 Å². The molecule has 1 aliphatic carbocycles. The van der Waals surface area contributed by atoms with Crippen molar-refractivity contribution in [1.82, 2.24) is 10.2 Å². The third-order valence-corrected chi connectivity index (χ3v) is 6.05. The van der Waals surface area contributed by atoms with Gasteiger partial charge in [0.25, 0.3) is 0 Å². The van der Waals surface area contributed by atoms with Gasteiger partial charge in [-0.15, -0.1) is 12.4 Å². The highest BCUT2D eigenvalue weighted by Crippen LogP contribution is 2.43. The predicted octanol–water partition coefficient (Wildman–Crippen LogP) is 4.54. The van der Waals surface area contributed by atoms with Crippen LogP contribution in [-0.4, -0.2) is 37.0 Å². The molecule has 3 nitrogen and oxygen atoms in total. The molecule has 0 aromatic heterocycles. The highest BCUT2D eigenvalue weighted by atomic mass is 35.5. The molecule has 1 aromatic carbocycles. The number of benzene rings is 1. The number of nitrogens with one attached hydrogen (secondary N) is 1. The predicted molar refractivity (Wildman–Crippen MR) is 102 cm³/mol. The molecule has 1 aromatic rings. The number of likely N-dealkylation sites (tertiary alicyclic amines) is 1. The van der Waals surface area contributed by atoms with Gasteiger partial charge in [-0.2, -0.15) is 13.2 Å². The zero-order chi connectivity index (χ0) is 18.8. The van der Waals surface area contributed by atoms with Gasteiger partial charge in [-0.1, -0.05) is 37.5 Å². The molecule has 0 spiro atoms. The highest BCUT2D eigenvalue weighted by molar-refractivity contribution is 5.88. The molecule has 1 amide bonds. The number of hydrogen-bond donors (Lipinski definition) is 1. The van der Waals surface area contributed by atoms with Crippen LogP contribution in [0.4, 0.5) is 13.2 Å². The molecule has 1 heterocycles.